The van der Waals surface area contributed by atoms with Gasteiger partial charge in [0.1, 0.15) is 11.3 Å². The molecule has 2 aromatic heterocycles. The highest BCUT2D eigenvalue weighted by atomic mass is 35.5. The Morgan fingerprint density at radius 2 is 2.07 bits per heavy atom. The van der Waals surface area contributed by atoms with Crippen LogP contribution in [0, 0.1) is 6.92 Å². The maximum atomic E-state index is 13.1. The minimum absolute atomic E-state index is 0.145. The molecule has 3 N–H and O–H groups in total. The highest BCUT2D eigenvalue weighted by Crippen LogP contribution is 2.27. The molecule has 0 aliphatic heterocycles. The number of carbonyl (C=O) groups is 1. The van der Waals surface area contributed by atoms with Crippen LogP contribution in [0.2, 0.25) is 5.02 Å². The topological polar surface area (TPSA) is 101 Å². The summed E-state index contributed by atoms with van der Waals surface area (Å²) in [7, 11) is 1.51. The van der Waals surface area contributed by atoms with Crippen LogP contribution in [0.1, 0.15) is 5.69 Å². The molecule has 0 unspecified atom stereocenters. The van der Waals surface area contributed by atoms with Gasteiger partial charge in [-0.15, -0.1) is 0 Å². The summed E-state index contributed by atoms with van der Waals surface area (Å²) in [6.45, 7) is 2.38. The summed E-state index contributed by atoms with van der Waals surface area (Å²) in [6, 6.07) is 12.1. The Bertz CT molecular complexity index is 1310. The van der Waals surface area contributed by atoms with Gasteiger partial charge < -0.3 is 19.9 Å². The van der Waals surface area contributed by atoms with Gasteiger partial charge in [-0.1, -0.05) is 29.8 Å². The second kappa shape index (κ2) is 8.08. The third kappa shape index (κ3) is 3.57. The number of amides is 2. The Morgan fingerprint density at radius 3 is 2.87 bits per heavy atom. The molecule has 9 heteroatoms. The Morgan fingerprint density at radius 1 is 1.27 bits per heavy atom. The molecule has 2 amide bonds. The van der Waals surface area contributed by atoms with Crippen molar-refractivity contribution >= 4 is 45.1 Å². The van der Waals surface area contributed by atoms with E-state index in [1.165, 1.54) is 7.11 Å². The van der Waals surface area contributed by atoms with Gasteiger partial charge in [-0.3, -0.25) is 9.89 Å². The van der Waals surface area contributed by atoms with Crippen molar-refractivity contribution < 1.29 is 9.53 Å². The second-order valence-corrected chi connectivity index (χ2v) is 7.21. The lowest BCUT2D eigenvalue weighted by molar-refractivity contribution is 0.251. The number of ether oxygens (including phenoxy) is 1. The van der Waals surface area contributed by atoms with Crippen molar-refractivity contribution in [3.8, 4) is 5.75 Å². The van der Waals surface area contributed by atoms with Gasteiger partial charge in [0.2, 0.25) is 0 Å². The summed E-state index contributed by atoms with van der Waals surface area (Å²) in [5.41, 5.74) is 2.45. The number of aryl methyl sites for hydroxylation is 1. The number of para-hydroxylation sites is 1. The first-order valence-electron chi connectivity index (χ1n) is 9.34. The molecule has 0 aliphatic rings. The van der Waals surface area contributed by atoms with Crippen LogP contribution < -0.4 is 20.9 Å². The van der Waals surface area contributed by atoms with Crippen LogP contribution >= 0.6 is 11.6 Å². The Balaban J connectivity index is 1.55. The fraction of sp³-hybridized carbons (Fsp3) is 0.190. The Kier molecular flexibility index (Phi) is 5.33. The summed E-state index contributed by atoms with van der Waals surface area (Å²) in [5.74, 6) is 0.498. The standard InChI is InChI=1S/C21H20ClN5O3/c1-12-18-19(26-25-12)14-5-3-4-6-16(14)27(20(18)28)10-9-23-21(29)24-15-11-13(22)7-8-17(15)30-2/h3-8,11H,9-10H2,1-2H3,(H,25,26)(H2,23,24,29). The van der Waals surface area contributed by atoms with Gasteiger partial charge in [0.25, 0.3) is 5.56 Å². The predicted octanol–water partition coefficient (Wildman–Crippen LogP) is 3.67. The largest absolute Gasteiger partial charge is 0.495 e. The van der Waals surface area contributed by atoms with Gasteiger partial charge in [0.15, 0.2) is 0 Å². The van der Waals surface area contributed by atoms with Gasteiger partial charge in [0, 0.05) is 29.2 Å². The number of benzene rings is 2. The van der Waals surface area contributed by atoms with Crippen molar-refractivity contribution in [2.45, 2.75) is 13.5 Å². The van der Waals surface area contributed by atoms with E-state index in [9.17, 15) is 9.59 Å². The van der Waals surface area contributed by atoms with E-state index >= 15 is 0 Å². The molecule has 2 aromatic carbocycles. The lowest BCUT2D eigenvalue weighted by Crippen LogP contribution is -2.34. The van der Waals surface area contributed by atoms with Crippen molar-refractivity contribution in [3.63, 3.8) is 0 Å². The molecular formula is C21H20ClN5O3. The number of nitrogens with zero attached hydrogens (tertiary/aromatic N) is 2. The third-order valence-corrected chi connectivity index (χ3v) is 5.12. The molecule has 0 saturated carbocycles. The van der Waals surface area contributed by atoms with E-state index in [1.807, 2.05) is 31.2 Å². The van der Waals surface area contributed by atoms with Crippen LogP contribution in [0.25, 0.3) is 21.8 Å². The molecule has 4 aromatic rings. The van der Waals surface area contributed by atoms with Crippen LogP contribution in [0.5, 0.6) is 5.75 Å². The number of fused-ring (bicyclic) bond motifs is 3. The van der Waals surface area contributed by atoms with Gasteiger partial charge in [-0.05, 0) is 31.2 Å². The molecule has 0 bridgehead atoms. The molecular weight excluding hydrogens is 406 g/mol. The van der Waals surface area contributed by atoms with E-state index in [2.05, 4.69) is 20.8 Å². The fourth-order valence-corrected chi connectivity index (χ4v) is 3.66. The maximum Gasteiger partial charge on any atom is 0.319 e. The van der Waals surface area contributed by atoms with Gasteiger partial charge in [-0.25, -0.2) is 4.79 Å². The molecule has 0 aliphatic carbocycles. The number of carbonyl (C=O) groups excluding carboxylic acids is 1. The first-order chi connectivity index (χ1) is 14.5. The van der Waals surface area contributed by atoms with E-state index < -0.39 is 6.03 Å². The van der Waals surface area contributed by atoms with E-state index in [-0.39, 0.29) is 12.1 Å². The zero-order chi connectivity index (χ0) is 21.3. The molecule has 0 radical (unpaired) electrons. The van der Waals surface area contributed by atoms with Gasteiger partial charge in [0.05, 0.1) is 23.7 Å². The highest BCUT2D eigenvalue weighted by Gasteiger charge is 2.15. The van der Waals surface area contributed by atoms with Crippen molar-refractivity contribution in [3.05, 3.63) is 63.5 Å². The van der Waals surface area contributed by atoms with Gasteiger partial charge >= 0.3 is 6.03 Å². The molecule has 154 valence electrons. The highest BCUT2D eigenvalue weighted by molar-refractivity contribution is 6.31. The van der Waals surface area contributed by atoms with Crippen molar-refractivity contribution in [1.29, 1.82) is 0 Å². The zero-order valence-corrected chi connectivity index (χ0v) is 17.2. The number of urea groups is 1. The third-order valence-electron chi connectivity index (χ3n) is 4.89. The summed E-state index contributed by atoms with van der Waals surface area (Å²) in [6.07, 6.45) is 0. The van der Waals surface area contributed by atoms with Crippen LogP contribution in [0.4, 0.5) is 10.5 Å². The first-order valence-corrected chi connectivity index (χ1v) is 9.72. The summed E-state index contributed by atoms with van der Waals surface area (Å²) in [5, 5.41) is 14.6. The molecule has 2 heterocycles. The Hall–Kier alpha value is -3.52. The van der Waals surface area contributed by atoms with Crippen molar-refractivity contribution in [2.75, 3.05) is 19.0 Å². The van der Waals surface area contributed by atoms with E-state index in [1.54, 1.807) is 22.8 Å². The molecule has 30 heavy (non-hydrogen) atoms. The molecule has 0 saturated heterocycles. The zero-order valence-electron chi connectivity index (χ0n) is 16.5. The number of aromatic nitrogens is 3. The summed E-state index contributed by atoms with van der Waals surface area (Å²) < 4.78 is 6.88. The smallest absolute Gasteiger partial charge is 0.319 e. The number of nitrogens with one attached hydrogen (secondary N) is 3. The number of hydrogen-bond donors (Lipinski definition) is 3. The number of halogens is 1. The maximum absolute atomic E-state index is 13.1. The SMILES string of the molecule is COc1ccc(Cl)cc1NC(=O)NCCn1c(=O)c2c(C)[nH]nc2c2ccccc21. The number of rotatable bonds is 5. The molecule has 0 spiro atoms. The number of hydrogen-bond acceptors (Lipinski definition) is 4. The second-order valence-electron chi connectivity index (χ2n) is 6.77. The van der Waals surface area contributed by atoms with Crippen LogP contribution in [-0.4, -0.2) is 34.5 Å². The van der Waals surface area contributed by atoms with Crippen molar-refractivity contribution in [1.82, 2.24) is 20.1 Å². The lowest BCUT2D eigenvalue weighted by Gasteiger charge is -2.13. The molecule has 0 fully saturated rings. The lowest BCUT2D eigenvalue weighted by atomic mass is 10.1. The number of aromatic amines is 1. The Labute approximate surface area is 176 Å². The molecule has 4 rings (SSSR count). The molecule has 0 atom stereocenters. The van der Waals surface area contributed by atoms with Crippen LogP contribution in [-0.2, 0) is 6.54 Å². The van der Waals surface area contributed by atoms with Crippen LogP contribution in [0.15, 0.2) is 47.3 Å². The minimum atomic E-state index is -0.423. The minimum Gasteiger partial charge on any atom is -0.495 e. The van der Waals surface area contributed by atoms with E-state index in [4.69, 9.17) is 16.3 Å². The normalized spacial score (nSPS) is 11.0. The molecule has 8 nitrogen and oxygen atoms in total. The number of anilines is 1. The number of methoxy groups -OCH3 is 1. The average molecular weight is 426 g/mol. The number of H-pyrrole nitrogens is 1. The monoisotopic (exact) mass is 425 g/mol. The van der Waals surface area contributed by atoms with E-state index in [0.717, 1.165) is 10.9 Å². The first kappa shape index (κ1) is 19.8. The van der Waals surface area contributed by atoms with E-state index in [0.29, 0.717) is 39.6 Å². The average Bonchev–Trinajstić information content (AvgIpc) is 3.12. The fourth-order valence-electron chi connectivity index (χ4n) is 3.49. The number of pyridine rings is 1. The predicted molar refractivity (Wildman–Crippen MR) is 118 cm³/mol. The quantitative estimate of drug-likeness (QED) is 0.454. The van der Waals surface area contributed by atoms with Crippen LogP contribution in [0.3, 0.4) is 0 Å². The summed E-state index contributed by atoms with van der Waals surface area (Å²) in [4.78, 5) is 25.4. The summed E-state index contributed by atoms with van der Waals surface area (Å²) >= 11 is 5.99. The van der Waals surface area contributed by atoms with Gasteiger partial charge in [-0.2, -0.15) is 5.10 Å². The van der Waals surface area contributed by atoms with Crippen molar-refractivity contribution in [2.24, 2.45) is 0 Å².